The number of aryl methyl sites for hydroxylation is 2. The number of amides is 2. The zero-order chi connectivity index (χ0) is 31.6. The molecule has 3 N–H and O–H groups in total. The summed E-state index contributed by atoms with van der Waals surface area (Å²) in [6.45, 7) is 11.4. The van der Waals surface area contributed by atoms with Crippen LogP contribution < -0.4 is 10.6 Å². The number of carbonyl (C=O) groups excluding carboxylic acids is 2. The fourth-order valence-corrected chi connectivity index (χ4v) is 5.35. The molecule has 4 unspecified atom stereocenters. The number of carboxylic acids is 1. The van der Waals surface area contributed by atoms with E-state index in [2.05, 4.69) is 47.9 Å². The van der Waals surface area contributed by atoms with Gasteiger partial charge in [-0.3, -0.25) is 9.59 Å². The summed E-state index contributed by atoms with van der Waals surface area (Å²) in [5, 5.41) is 15.9. The van der Waals surface area contributed by atoms with Gasteiger partial charge >= 0.3 is 5.97 Å². The zero-order valence-corrected chi connectivity index (χ0v) is 26.2. The third kappa shape index (κ3) is 9.52. The number of aliphatic carboxylic acids is 1. The summed E-state index contributed by atoms with van der Waals surface area (Å²) in [5.41, 5.74) is 4.91. The molecule has 0 aliphatic carbocycles. The molecular formula is C36H46N2O5. The van der Waals surface area contributed by atoms with Gasteiger partial charge in [0, 0.05) is 6.61 Å². The zero-order valence-electron chi connectivity index (χ0n) is 26.2. The minimum Gasteiger partial charge on any atom is -0.479 e. The van der Waals surface area contributed by atoms with E-state index in [9.17, 15) is 19.5 Å². The number of hydrogen-bond donors (Lipinski definition) is 3. The predicted molar refractivity (Wildman–Crippen MR) is 170 cm³/mol. The Morgan fingerprint density at radius 1 is 0.884 bits per heavy atom. The quantitative estimate of drug-likeness (QED) is 0.200. The molecule has 0 spiro atoms. The van der Waals surface area contributed by atoms with Crippen LogP contribution in [0.3, 0.4) is 0 Å². The first-order valence-electron chi connectivity index (χ1n) is 15.1. The highest BCUT2D eigenvalue weighted by Crippen LogP contribution is 2.27. The van der Waals surface area contributed by atoms with E-state index in [1.54, 1.807) is 6.92 Å². The number of benzene rings is 3. The average molecular weight is 587 g/mol. The minimum absolute atomic E-state index is 0.151. The molecule has 0 fully saturated rings. The molecule has 4 atom stereocenters. The molecule has 7 heteroatoms. The number of ether oxygens (including phenoxy) is 1. The van der Waals surface area contributed by atoms with E-state index in [0.717, 1.165) is 27.8 Å². The molecule has 0 saturated carbocycles. The van der Waals surface area contributed by atoms with E-state index in [0.29, 0.717) is 19.3 Å². The fraction of sp³-hybridized carbons (Fsp3) is 0.417. The summed E-state index contributed by atoms with van der Waals surface area (Å²) in [6.07, 6.45) is 0.229. The Bertz CT molecular complexity index is 1350. The first-order valence-corrected chi connectivity index (χ1v) is 15.1. The van der Waals surface area contributed by atoms with Crippen molar-refractivity contribution in [3.63, 3.8) is 0 Å². The lowest BCUT2D eigenvalue weighted by atomic mass is 9.84. The van der Waals surface area contributed by atoms with Crippen LogP contribution in [0.2, 0.25) is 0 Å². The third-order valence-electron chi connectivity index (χ3n) is 7.72. The van der Waals surface area contributed by atoms with Gasteiger partial charge in [0.1, 0.15) is 6.04 Å². The van der Waals surface area contributed by atoms with Crippen molar-refractivity contribution in [2.75, 3.05) is 6.61 Å². The average Bonchev–Trinajstić information content (AvgIpc) is 2.97. The second kappa shape index (κ2) is 15.5. The first-order chi connectivity index (χ1) is 20.4. The maximum atomic E-state index is 13.7. The lowest BCUT2D eigenvalue weighted by Crippen LogP contribution is -2.56. The predicted octanol–water partition coefficient (Wildman–Crippen LogP) is 6.50. The molecule has 0 heterocycles. The van der Waals surface area contributed by atoms with Crippen molar-refractivity contribution in [3.8, 4) is 11.1 Å². The Hall–Kier alpha value is -3.97. The minimum atomic E-state index is -1.32. The van der Waals surface area contributed by atoms with Gasteiger partial charge < -0.3 is 20.5 Å². The van der Waals surface area contributed by atoms with Gasteiger partial charge in [-0.15, -0.1) is 0 Å². The summed E-state index contributed by atoms with van der Waals surface area (Å²) in [4.78, 5) is 39.4. The SMILES string of the molecule is CCOC(C(=O)O)C(CCCc1ccc(-c2ccccc2)c(C)c1)C(=O)NC(C(=O)NC(C)c1ccccc1)C(C)(C)C. The monoisotopic (exact) mass is 586 g/mol. The van der Waals surface area contributed by atoms with Gasteiger partial charge in [0.2, 0.25) is 11.8 Å². The van der Waals surface area contributed by atoms with Crippen LogP contribution in [-0.2, 0) is 25.5 Å². The second-order valence-electron chi connectivity index (χ2n) is 12.2. The fourth-order valence-electron chi connectivity index (χ4n) is 5.35. The summed E-state index contributed by atoms with van der Waals surface area (Å²) >= 11 is 0. The summed E-state index contributed by atoms with van der Waals surface area (Å²) in [5.74, 6) is -2.99. The largest absolute Gasteiger partial charge is 0.479 e. The lowest BCUT2D eigenvalue weighted by Gasteiger charge is -2.33. The molecular weight excluding hydrogens is 540 g/mol. The Labute approximate surface area is 256 Å². The van der Waals surface area contributed by atoms with Gasteiger partial charge in [-0.05, 0) is 73.3 Å². The van der Waals surface area contributed by atoms with E-state index in [4.69, 9.17) is 4.74 Å². The van der Waals surface area contributed by atoms with Crippen LogP contribution in [0.15, 0.2) is 78.9 Å². The summed E-state index contributed by atoms with van der Waals surface area (Å²) in [7, 11) is 0. The molecule has 2 amide bonds. The molecule has 3 rings (SSSR count). The maximum Gasteiger partial charge on any atom is 0.333 e. The summed E-state index contributed by atoms with van der Waals surface area (Å²) < 4.78 is 5.56. The highest BCUT2D eigenvalue weighted by molar-refractivity contribution is 5.91. The first kappa shape index (κ1) is 33.5. The van der Waals surface area contributed by atoms with Gasteiger partial charge in [0.15, 0.2) is 6.10 Å². The van der Waals surface area contributed by atoms with Crippen molar-refractivity contribution < 1.29 is 24.2 Å². The van der Waals surface area contributed by atoms with Crippen LogP contribution in [0.4, 0.5) is 0 Å². The van der Waals surface area contributed by atoms with Crippen LogP contribution in [0.25, 0.3) is 11.1 Å². The van der Waals surface area contributed by atoms with Crippen molar-refractivity contribution in [2.24, 2.45) is 11.3 Å². The maximum absolute atomic E-state index is 13.7. The molecule has 0 radical (unpaired) electrons. The van der Waals surface area contributed by atoms with Crippen LogP contribution in [0, 0.1) is 18.3 Å². The van der Waals surface area contributed by atoms with Crippen molar-refractivity contribution >= 4 is 17.8 Å². The Balaban J connectivity index is 1.75. The van der Waals surface area contributed by atoms with E-state index < -0.39 is 35.4 Å². The van der Waals surface area contributed by atoms with Gasteiger partial charge in [-0.1, -0.05) is 99.6 Å². The molecule has 3 aromatic rings. The number of nitrogens with one attached hydrogen (secondary N) is 2. The van der Waals surface area contributed by atoms with Crippen molar-refractivity contribution in [3.05, 3.63) is 95.6 Å². The third-order valence-corrected chi connectivity index (χ3v) is 7.72. The summed E-state index contributed by atoms with van der Waals surface area (Å²) in [6, 6.07) is 25.0. The highest BCUT2D eigenvalue weighted by atomic mass is 16.5. The lowest BCUT2D eigenvalue weighted by molar-refractivity contribution is -0.158. The molecule has 0 aliphatic heterocycles. The van der Waals surface area contributed by atoms with Gasteiger partial charge in [0.05, 0.1) is 12.0 Å². The molecule has 0 aromatic heterocycles. The highest BCUT2D eigenvalue weighted by Gasteiger charge is 2.39. The normalized spacial score (nSPS) is 14.3. The van der Waals surface area contributed by atoms with Gasteiger partial charge in [-0.25, -0.2) is 4.79 Å². The van der Waals surface area contributed by atoms with Gasteiger partial charge in [0.25, 0.3) is 0 Å². The Kier molecular flexibility index (Phi) is 12.1. The molecule has 43 heavy (non-hydrogen) atoms. The van der Waals surface area contributed by atoms with E-state index in [-0.39, 0.29) is 18.6 Å². The standard InChI is InChI=1S/C36H46N2O5/c1-7-43-31(35(41)42)30(20-14-15-26-21-22-29(24(2)23-26)28-18-12-9-13-19-28)33(39)38-32(36(4,5)6)34(40)37-25(3)27-16-10-8-11-17-27/h8-13,16-19,21-23,25,30-32H,7,14-15,20H2,1-6H3,(H,37,40)(H,38,39)(H,41,42). The Morgan fingerprint density at radius 3 is 2.07 bits per heavy atom. The smallest absolute Gasteiger partial charge is 0.333 e. The van der Waals surface area contributed by atoms with Crippen molar-refractivity contribution in [1.82, 2.24) is 10.6 Å². The molecule has 7 nitrogen and oxygen atoms in total. The molecule has 3 aromatic carbocycles. The second-order valence-corrected chi connectivity index (χ2v) is 12.2. The van der Waals surface area contributed by atoms with Crippen LogP contribution in [0.5, 0.6) is 0 Å². The van der Waals surface area contributed by atoms with Crippen LogP contribution >= 0.6 is 0 Å². The number of rotatable bonds is 14. The van der Waals surface area contributed by atoms with Gasteiger partial charge in [-0.2, -0.15) is 0 Å². The Morgan fingerprint density at radius 2 is 1.51 bits per heavy atom. The van der Waals surface area contributed by atoms with Crippen molar-refractivity contribution in [2.45, 2.75) is 79.0 Å². The number of hydrogen-bond acceptors (Lipinski definition) is 4. The van der Waals surface area contributed by atoms with Crippen LogP contribution in [-0.4, -0.2) is 41.6 Å². The molecule has 230 valence electrons. The van der Waals surface area contributed by atoms with E-state index in [1.165, 1.54) is 0 Å². The molecule has 0 aliphatic rings. The number of carbonyl (C=O) groups is 3. The topological polar surface area (TPSA) is 105 Å². The van der Waals surface area contributed by atoms with E-state index in [1.807, 2.05) is 76.2 Å². The molecule has 0 saturated heterocycles. The van der Waals surface area contributed by atoms with E-state index >= 15 is 0 Å². The molecule has 0 bridgehead atoms. The van der Waals surface area contributed by atoms with Crippen molar-refractivity contribution in [1.29, 1.82) is 0 Å². The van der Waals surface area contributed by atoms with Crippen LogP contribution in [0.1, 0.15) is 70.2 Å². The number of carboxylic acid groups (broad SMARTS) is 1.